The summed E-state index contributed by atoms with van der Waals surface area (Å²) in [5.74, 6) is -1.40. The minimum Gasteiger partial charge on any atom is -0.478 e. The molecule has 1 unspecified atom stereocenters. The molecule has 1 amide bonds. The van der Waals surface area contributed by atoms with Crippen LogP contribution < -0.4 is 10.1 Å². The highest BCUT2D eigenvalue weighted by Crippen LogP contribution is 2.33. The molecule has 8 heteroatoms. The summed E-state index contributed by atoms with van der Waals surface area (Å²) in [4.78, 5) is 23.7. The van der Waals surface area contributed by atoms with E-state index in [4.69, 9.17) is 4.42 Å². The molecule has 0 fully saturated rings. The molecule has 1 heterocycles. The zero-order valence-electron chi connectivity index (χ0n) is 14.6. The van der Waals surface area contributed by atoms with Crippen LogP contribution in [-0.4, -0.2) is 23.6 Å². The van der Waals surface area contributed by atoms with Crippen LogP contribution in [-0.2, 0) is 12.8 Å². The van der Waals surface area contributed by atoms with Crippen molar-refractivity contribution in [3.05, 3.63) is 52.5 Å². The Balaban J connectivity index is 1.79. The number of hydrogen-bond acceptors (Lipinski definition) is 4. The Hall–Kier alpha value is -2.90. The number of amides is 1. The van der Waals surface area contributed by atoms with E-state index in [1.54, 1.807) is 19.1 Å². The van der Waals surface area contributed by atoms with Crippen molar-refractivity contribution in [1.29, 1.82) is 0 Å². The molecule has 1 aromatic carbocycles. The lowest BCUT2D eigenvalue weighted by Crippen LogP contribution is -2.30. The number of carbonyl (C=O) groups excluding carboxylic acids is 1. The van der Waals surface area contributed by atoms with Crippen molar-refractivity contribution in [1.82, 2.24) is 5.32 Å². The van der Waals surface area contributed by atoms with Gasteiger partial charge in [0.2, 0.25) is 0 Å². The molecule has 0 bridgehead atoms. The Morgan fingerprint density at radius 1 is 1.37 bits per heavy atom. The molecular weight excluding hydrogens is 360 g/mol. The van der Waals surface area contributed by atoms with Crippen LogP contribution in [0.15, 0.2) is 28.7 Å². The first-order valence-corrected chi connectivity index (χ1v) is 8.63. The number of rotatable bonds is 6. The topological polar surface area (TPSA) is 88.8 Å². The molecular formula is C19H19F2NO5. The van der Waals surface area contributed by atoms with Gasteiger partial charge >= 0.3 is 12.6 Å². The van der Waals surface area contributed by atoms with E-state index in [2.05, 4.69) is 10.1 Å². The van der Waals surface area contributed by atoms with Gasteiger partial charge in [-0.15, -0.1) is 0 Å². The quantitative estimate of drug-likeness (QED) is 0.793. The van der Waals surface area contributed by atoms with Crippen LogP contribution in [0.3, 0.4) is 0 Å². The molecule has 0 saturated carbocycles. The molecule has 0 radical (unpaired) electrons. The fourth-order valence-electron chi connectivity index (χ4n) is 3.33. The van der Waals surface area contributed by atoms with Gasteiger partial charge in [0.05, 0.1) is 6.04 Å². The van der Waals surface area contributed by atoms with Crippen molar-refractivity contribution in [3.8, 4) is 5.75 Å². The van der Waals surface area contributed by atoms with Gasteiger partial charge in [-0.3, -0.25) is 4.79 Å². The number of aromatic carboxylic acids is 1. The number of ether oxygens (including phenoxy) is 1. The fourth-order valence-corrected chi connectivity index (χ4v) is 3.33. The molecule has 1 aliphatic rings. The van der Waals surface area contributed by atoms with Crippen LogP contribution in [0.25, 0.3) is 0 Å². The maximum Gasteiger partial charge on any atom is 0.387 e. The van der Waals surface area contributed by atoms with Crippen molar-refractivity contribution in [2.24, 2.45) is 0 Å². The first-order valence-electron chi connectivity index (χ1n) is 8.63. The highest BCUT2D eigenvalue weighted by atomic mass is 19.3. The minimum atomic E-state index is -2.89. The Morgan fingerprint density at radius 2 is 2.15 bits per heavy atom. The Bertz CT molecular complexity index is 862. The average Bonchev–Trinajstić information content (AvgIpc) is 3.06. The second-order valence-electron chi connectivity index (χ2n) is 6.26. The molecule has 0 spiro atoms. The van der Waals surface area contributed by atoms with E-state index in [9.17, 15) is 23.5 Å². The molecule has 3 rings (SSSR count). The third kappa shape index (κ3) is 4.10. The molecule has 0 saturated heterocycles. The number of alkyl halides is 2. The fraction of sp³-hybridized carbons (Fsp3) is 0.368. The lowest BCUT2D eigenvalue weighted by atomic mass is 9.87. The minimum absolute atomic E-state index is 0.0273. The van der Waals surface area contributed by atoms with Crippen LogP contribution in [0, 0.1) is 0 Å². The van der Waals surface area contributed by atoms with Gasteiger partial charge in [-0.25, -0.2) is 4.79 Å². The van der Waals surface area contributed by atoms with E-state index >= 15 is 0 Å². The number of nitrogens with one attached hydrogen (secondary N) is 1. The van der Waals surface area contributed by atoms with Gasteiger partial charge in [0, 0.05) is 12.5 Å². The lowest BCUT2D eigenvalue weighted by Gasteiger charge is -2.26. The molecule has 1 aliphatic carbocycles. The summed E-state index contributed by atoms with van der Waals surface area (Å²) in [6.07, 6.45) is 2.51. The second-order valence-corrected chi connectivity index (χ2v) is 6.26. The normalized spacial score (nSPS) is 16.1. The van der Waals surface area contributed by atoms with Crippen molar-refractivity contribution in [2.45, 2.75) is 45.3 Å². The van der Waals surface area contributed by atoms with Crippen LogP contribution in [0.1, 0.15) is 63.6 Å². The molecule has 1 atom stereocenters. The smallest absolute Gasteiger partial charge is 0.387 e. The van der Waals surface area contributed by atoms with Crippen molar-refractivity contribution in [2.75, 3.05) is 0 Å². The number of carboxylic acid groups (broad SMARTS) is 1. The standard InChI is InChI=1S/C19H19F2NO5/c1-2-15-13(18(24)25)9-16(27-15)17(23)22-14-5-3-4-10-8-11(26-19(20)21)6-7-12(10)14/h6-9,14,19H,2-5H2,1H3,(H,22,23)(H,24,25). The van der Waals surface area contributed by atoms with Crippen molar-refractivity contribution < 1.29 is 32.6 Å². The number of halogens is 2. The van der Waals surface area contributed by atoms with Crippen molar-refractivity contribution >= 4 is 11.9 Å². The number of carbonyl (C=O) groups is 2. The Morgan fingerprint density at radius 3 is 2.78 bits per heavy atom. The summed E-state index contributed by atoms with van der Waals surface area (Å²) in [7, 11) is 0. The maximum absolute atomic E-state index is 12.5. The molecule has 144 valence electrons. The number of carboxylic acids is 1. The maximum atomic E-state index is 12.5. The van der Waals surface area contributed by atoms with E-state index in [1.807, 2.05) is 0 Å². The van der Waals surface area contributed by atoms with Crippen LogP contribution in [0.5, 0.6) is 5.75 Å². The number of furan rings is 1. The van der Waals surface area contributed by atoms with E-state index < -0.39 is 18.5 Å². The molecule has 2 N–H and O–H groups in total. The van der Waals surface area contributed by atoms with E-state index in [0.717, 1.165) is 17.5 Å². The molecule has 0 aliphatic heterocycles. The van der Waals surface area contributed by atoms with Gasteiger partial charge in [-0.05, 0) is 42.5 Å². The van der Waals surface area contributed by atoms with E-state index in [0.29, 0.717) is 19.3 Å². The van der Waals surface area contributed by atoms with Gasteiger partial charge in [0.15, 0.2) is 5.76 Å². The van der Waals surface area contributed by atoms with Gasteiger partial charge in [-0.2, -0.15) is 8.78 Å². The van der Waals surface area contributed by atoms with Crippen molar-refractivity contribution in [3.63, 3.8) is 0 Å². The second kappa shape index (κ2) is 7.77. The predicted octanol–water partition coefficient (Wildman–Crippen LogP) is 3.95. The third-order valence-corrected chi connectivity index (χ3v) is 4.54. The first kappa shape index (κ1) is 18.9. The zero-order chi connectivity index (χ0) is 19.6. The Labute approximate surface area is 154 Å². The Kier molecular flexibility index (Phi) is 5.43. The molecule has 27 heavy (non-hydrogen) atoms. The summed E-state index contributed by atoms with van der Waals surface area (Å²) in [6.45, 7) is -1.15. The number of benzene rings is 1. The summed E-state index contributed by atoms with van der Waals surface area (Å²) in [5, 5.41) is 12.0. The van der Waals surface area contributed by atoms with Gasteiger partial charge in [0.1, 0.15) is 17.1 Å². The van der Waals surface area contributed by atoms with Gasteiger partial charge in [-0.1, -0.05) is 13.0 Å². The van der Waals surface area contributed by atoms with E-state index in [1.165, 1.54) is 12.1 Å². The summed E-state index contributed by atoms with van der Waals surface area (Å²) in [5.41, 5.74) is 1.64. The van der Waals surface area contributed by atoms with Gasteiger partial charge in [0.25, 0.3) is 5.91 Å². The summed E-state index contributed by atoms with van der Waals surface area (Å²) in [6, 6.07) is 5.58. The zero-order valence-corrected chi connectivity index (χ0v) is 14.6. The van der Waals surface area contributed by atoms with E-state index in [-0.39, 0.29) is 28.9 Å². The van der Waals surface area contributed by atoms with Crippen LogP contribution in [0.2, 0.25) is 0 Å². The van der Waals surface area contributed by atoms with Gasteiger partial charge < -0.3 is 19.6 Å². The number of aryl methyl sites for hydroxylation is 2. The largest absolute Gasteiger partial charge is 0.478 e. The first-order chi connectivity index (χ1) is 12.9. The monoisotopic (exact) mass is 379 g/mol. The number of hydrogen-bond donors (Lipinski definition) is 2. The molecule has 6 nitrogen and oxygen atoms in total. The number of fused-ring (bicyclic) bond motifs is 1. The van der Waals surface area contributed by atoms with Crippen LogP contribution >= 0.6 is 0 Å². The molecule has 1 aromatic heterocycles. The highest BCUT2D eigenvalue weighted by molar-refractivity contribution is 5.96. The SMILES string of the molecule is CCc1oc(C(=O)NC2CCCc3cc(OC(F)F)ccc32)cc1C(=O)O. The molecule has 2 aromatic rings. The summed E-state index contributed by atoms with van der Waals surface area (Å²) < 4.78 is 34.6. The predicted molar refractivity (Wildman–Crippen MR) is 91.3 cm³/mol. The third-order valence-electron chi connectivity index (χ3n) is 4.54. The van der Waals surface area contributed by atoms with Crippen LogP contribution in [0.4, 0.5) is 8.78 Å². The average molecular weight is 379 g/mol. The summed E-state index contributed by atoms with van der Waals surface area (Å²) >= 11 is 0. The highest BCUT2D eigenvalue weighted by Gasteiger charge is 2.26. The lowest BCUT2D eigenvalue weighted by molar-refractivity contribution is -0.0499.